The molecule has 0 spiro atoms. The molecule has 1 rings (SSSR count). The molecular weight excluding hydrogens is 142 g/mol. The maximum absolute atomic E-state index is 11.3. The standard InChI is InChI=1S/C8H13NO2/c1-5-3-4-6(10)7(9-2)8(5)11/h5,7,9H,3-4H2,1-2H3. The number of nitrogens with one attached hydrogen (secondary N) is 1. The first kappa shape index (κ1) is 8.40. The molecule has 0 aromatic heterocycles. The van der Waals surface area contributed by atoms with Crippen LogP contribution in [0, 0.1) is 5.92 Å². The summed E-state index contributed by atoms with van der Waals surface area (Å²) in [7, 11) is 1.65. The van der Waals surface area contributed by atoms with E-state index in [1.165, 1.54) is 0 Å². The average Bonchev–Trinajstić information content (AvgIpc) is 1.99. The SMILES string of the molecule is CNC1C(=O)CCC(C)C1=O. The summed E-state index contributed by atoms with van der Waals surface area (Å²) in [5.41, 5.74) is 0. The summed E-state index contributed by atoms with van der Waals surface area (Å²) in [4.78, 5) is 22.4. The van der Waals surface area contributed by atoms with E-state index in [0.29, 0.717) is 6.42 Å². The second-order valence-electron chi connectivity index (χ2n) is 3.03. The number of carbonyl (C=O) groups is 2. The van der Waals surface area contributed by atoms with Crippen LogP contribution in [0.1, 0.15) is 19.8 Å². The van der Waals surface area contributed by atoms with Crippen LogP contribution in [-0.4, -0.2) is 24.7 Å². The van der Waals surface area contributed by atoms with Gasteiger partial charge in [0.05, 0.1) is 0 Å². The largest absolute Gasteiger partial charge is 0.304 e. The van der Waals surface area contributed by atoms with Crippen molar-refractivity contribution in [2.24, 2.45) is 5.92 Å². The molecule has 0 aromatic rings. The van der Waals surface area contributed by atoms with Gasteiger partial charge in [-0.05, 0) is 13.5 Å². The molecule has 2 atom stereocenters. The third-order valence-corrected chi connectivity index (χ3v) is 2.20. The number of hydrogen-bond acceptors (Lipinski definition) is 3. The zero-order valence-corrected chi connectivity index (χ0v) is 6.89. The van der Waals surface area contributed by atoms with E-state index in [4.69, 9.17) is 0 Å². The van der Waals surface area contributed by atoms with Crippen LogP contribution in [0.3, 0.4) is 0 Å². The Kier molecular flexibility index (Phi) is 2.39. The molecule has 3 heteroatoms. The van der Waals surface area contributed by atoms with Crippen molar-refractivity contribution in [3.8, 4) is 0 Å². The number of rotatable bonds is 1. The maximum atomic E-state index is 11.3. The van der Waals surface area contributed by atoms with Gasteiger partial charge < -0.3 is 5.32 Å². The summed E-state index contributed by atoms with van der Waals surface area (Å²) in [5.74, 6) is 0.129. The predicted molar refractivity (Wildman–Crippen MR) is 41.3 cm³/mol. The molecule has 1 aliphatic carbocycles. The molecular formula is C8H13NO2. The molecule has 0 saturated heterocycles. The highest BCUT2D eigenvalue weighted by atomic mass is 16.2. The predicted octanol–water partition coefficient (Wildman–Crippen LogP) is 0.142. The molecule has 0 aliphatic heterocycles. The smallest absolute Gasteiger partial charge is 0.160 e. The number of likely N-dealkylation sites (N-methyl/N-ethyl adjacent to an activating group) is 1. The van der Waals surface area contributed by atoms with Crippen molar-refractivity contribution in [2.75, 3.05) is 7.05 Å². The second-order valence-corrected chi connectivity index (χ2v) is 3.03. The molecule has 2 unspecified atom stereocenters. The highest BCUT2D eigenvalue weighted by Gasteiger charge is 2.33. The van der Waals surface area contributed by atoms with Gasteiger partial charge in [-0.1, -0.05) is 6.92 Å². The molecule has 11 heavy (non-hydrogen) atoms. The fraction of sp³-hybridized carbons (Fsp3) is 0.750. The molecule has 0 amide bonds. The average molecular weight is 155 g/mol. The van der Waals surface area contributed by atoms with E-state index in [1.807, 2.05) is 6.92 Å². The first-order valence-electron chi connectivity index (χ1n) is 3.90. The van der Waals surface area contributed by atoms with Gasteiger partial charge in [-0.2, -0.15) is 0 Å². The number of hydrogen-bond donors (Lipinski definition) is 1. The minimum atomic E-state index is -0.529. The Morgan fingerprint density at radius 2 is 2.09 bits per heavy atom. The van der Waals surface area contributed by atoms with Crippen molar-refractivity contribution in [3.63, 3.8) is 0 Å². The van der Waals surface area contributed by atoms with E-state index >= 15 is 0 Å². The molecule has 3 nitrogen and oxygen atoms in total. The van der Waals surface area contributed by atoms with Crippen LogP contribution < -0.4 is 5.32 Å². The van der Waals surface area contributed by atoms with Crippen molar-refractivity contribution in [1.82, 2.24) is 5.32 Å². The summed E-state index contributed by atoms with van der Waals surface area (Å²) in [6.45, 7) is 1.87. The molecule has 0 heterocycles. The van der Waals surface area contributed by atoms with Crippen LogP contribution in [0.2, 0.25) is 0 Å². The lowest BCUT2D eigenvalue weighted by molar-refractivity contribution is -0.135. The van der Waals surface area contributed by atoms with E-state index in [0.717, 1.165) is 6.42 Å². The van der Waals surface area contributed by atoms with E-state index in [1.54, 1.807) is 7.05 Å². The highest BCUT2D eigenvalue weighted by Crippen LogP contribution is 2.17. The molecule has 1 aliphatic rings. The number of carbonyl (C=O) groups excluding carboxylic acids is 2. The van der Waals surface area contributed by atoms with Crippen molar-refractivity contribution >= 4 is 11.6 Å². The van der Waals surface area contributed by atoms with E-state index < -0.39 is 6.04 Å². The molecule has 1 fully saturated rings. The highest BCUT2D eigenvalue weighted by molar-refractivity contribution is 6.09. The Morgan fingerprint density at radius 1 is 1.45 bits per heavy atom. The van der Waals surface area contributed by atoms with Gasteiger partial charge >= 0.3 is 0 Å². The Labute approximate surface area is 66.2 Å². The van der Waals surface area contributed by atoms with Crippen molar-refractivity contribution in [3.05, 3.63) is 0 Å². The third kappa shape index (κ3) is 1.48. The summed E-state index contributed by atoms with van der Waals surface area (Å²) in [5, 5.41) is 2.73. The second kappa shape index (κ2) is 3.13. The quantitative estimate of drug-likeness (QED) is 0.548. The van der Waals surface area contributed by atoms with Gasteiger partial charge in [0, 0.05) is 12.3 Å². The van der Waals surface area contributed by atoms with Gasteiger partial charge in [0.2, 0.25) is 0 Å². The van der Waals surface area contributed by atoms with Gasteiger partial charge in [-0.25, -0.2) is 0 Å². The van der Waals surface area contributed by atoms with Crippen LogP contribution in [0.15, 0.2) is 0 Å². The fourth-order valence-electron chi connectivity index (χ4n) is 1.39. The van der Waals surface area contributed by atoms with Crippen molar-refractivity contribution in [1.29, 1.82) is 0 Å². The van der Waals surface area contributed by atoms with Crippen LogP contribution in [0.25, 0.3) is 0 Å². The van der Waals surface area contributed by atoms with E-state index in [2.05, 4.69) is 5.32 Å². The molecule has 0 radical (unpaired) electrons. The molecule has 1 N–H and O–H groups in total. The number of ketones is 2. The molecule has 62 valence electrons. The van der Waals surface area contributed by atoms with Crippen LogP contribution >= 0.6 is 0 Å². The van der Waals surface area contributed by atoms with Gasteiger partial charge in [-0.15, -0.1) is 0 Å². The summed E-state index contributed by atoms with van der Waals surface area (Å²) < 4.78 is 0. The van der Waals surface area contributed by atoms with Gasteiger partial charge in [-0.3, -0.25) is 9.59 Å². The topological polar surface area (TPSA) is 46.2 Å². The third-order valence-electron chi connectivity index (χ3n) is 2.20. The lowest BCUT2D eigenvalue weighted by Crippen LogP contribution is -2.47. The molecule has 0 aromatic carbocycles. The van der Waals surface area contributed by atoms with E-state index in [-0.39, 0.29) is 17.5 Å². The first-order chi connectivity index (χ1) is 5.16. The molecule has 1 saturated carbocycles. The first-order valence-corrected chi connectivity index (χ1v) is 3.90. The monoisotopic (exact) mass is 155 g/mol. The summed E-state index contributed by atoms with van der Waals surface area (Å²) in [6, 6.07) is -0.529. The zero-order valence-electron chi connectivity index (χ0n) is 6.89. The zero-order chi connectivity index (χ0) is 8.43. The summed E-state index contributed by atoms with van der Waals surface area (Å²) >= 11 is 0. The Hall–Kier alpha value is -0.700. The number of Topliss-reactive ketones (excluding diaryl/α,β-unsaturated/α-hetero) is 2. The van der Waals surface area contributed by atoms with E-state index in [9.17, 15) is 9.59 Å². The Bertz CT molecular complexity index is 189. The van der Waals surface area contributed by atoms with Crippen molar-refractivity contribution in [2.45, 2.75) is 25.8 Å². The summed E-state index contributed by atoms with van der Waals surface area (Å²) in [6.07, 6.45) is 1.26. The lowest BCUT2D eigenvalue weighted by Gasteiger charge is -2.23. The van der Waals surface area contributed by atoms with Crippen LogP contribution in [0.5, 0.6) is 0 Å². The maximum Gasteiger partial charge on any atom is 0.160 e. The van der Waals surface area contributed by atoms with Gasteiger partial charge in [0.1, 0.15) is 6.04 Å². The minimum absolute atomic E-state index is 0.0376. The minimum Gasteiger partial charge on any atom is -0.304 e. The van der Waals surface area contributed by atoms with Crippen molar-refractivity contribution < 1.29 is 9.59 Å². The molecule has 0 bridgehead atoms. The fourth-order valence-corrected chi connectivity index (χ4v) is 1.39. The van der Waals surface area contributed by atoms with Crippen LogP contribution in [0.4, 0.5) is 0 Å². The van der Waals surface area contributed by atoms with Gasteiger partial charge in [0.15, 0.2) is 11.6 Å². The van der Waals surface area contributed by atoms with Crippen LogP contribution in [-0.2, 0) is 9.59 Å². The Balaban J connectivity index is 2.71. The Morgan fingerprint density at radius 3 is 2.55 bits per heavy atom. The normalized spacial score (nSPS) is 32.5. The van der Waals surface area contributed by atoms with Gasteiger partial charge in [0.25, 0.3) is 0 Å². The lowest BCUT2D eigenvalue weighted by atomic mass is 9.85.